The molecule has 1 heterocycles. The van der Waals surface area contributed by atoms with Crippen LogP contribution in [0.2, 0.25) is 0 Å². The van der Waals surface area contributed by atoms with Crippen LogP contribution in [0.4, 0.5) is 11.5 Å². The summed E-state index contributed by atoms with van der Waals surface area (Å²) < 4.78 is 5.06. The van der Waals surface area contributed by atoms with E-state index in [4.69, 9.17) is 10.5 Å². The number of aromatic nitrogens is 1. The number of hydrogen-bond donors (Lipinski definition) is 3. The van der Waals surface area contributed by atoms with Crippen LogP contribution in [0.15, 0.2) is 12.1 Å². The number of nitrogens with zero attached hydrogens (tertiary/aromatic N) is 1. The second-order valence-corrected chi connectivity index (χ2v) is 5.06. The van der Waals surface area contributed by atoms with Crippen molar-refractivity contribution in [1.82, 2.24) is 4.98 Å². The Morgan fingerprint density at radius 2 is 2.24 bits per heavy atom. The van der Waals surface area contributed by atoms with Crippen LogP contribution in [-0.2, 0) is 0 Å². The van der Waals surface area contributed by atoms with Crippen LogP contribution in [0.25, 0.3) is 0 Å². The fourth-order valence-corrected chi connectivity index (χ4v) is 1.99. The molecule has 5 nitrogen and oxygen atoms in total. The Hall–Kier alpha value is -1.49. The third kappa shape index (κ3) is 2.02. The maximum Gasteiger partial charge on any atom is 0.215 e. The molecule has 1 fully saturated rings. The van der Waals surface area contributed by atoms with E-state index in [1.165, 1.54) is 0 Å². The lowest BCUT2D eigenvalue weighted by atomic mass is 9.64. The molecule has 0 radical (unpaired) electrons. The van der Waals surface area contributed by atoms with Crippen molar-refractivity contribution in [1.29, 1.82) is 0 Å². The number of aliphatic hydroxyl groups excluding tert-OH is 1. The van der Waals surface area contributed by atoms with Gasteiger partial charge in [0.2, 0.25) is 5.88 Å². The zero-order valence-corrected chi connectivity index (χ0v) is 10.4. The van der Waals surface area contributed by atoms with Crippen molar-refractivity contribution in [2.45, 2.75) is 32.4 Å². The van der Waals surface area contributed by atoms with Gasteiger partial charge in [-0.3, -0.25) is 0 Å². The monoisotopic (exact) mass is 237 g/mol. The Bertz CT molecular complexity index is 420. The summed E-state index contributed by atoms with van der Waals surface area (Å²) in [5.41, 5.74) is 6.28. The summed E-state index contributed by atoms with van der Waals surface area (Å²) in [5, 5.41) is 12.9. The summed E-state index contributed by atoms with van der Waals surface area (Å²) >= 11 is 0. The van der Waals surface area contributed by atoms with Gasteiger partial charge < -0.3 is 20.9 Å². The first-order valence-corrected chi connectivity index (χ1v) is 5.70. The minimum Gasteiger partial charge on any atom is -0.481 e. The molecule has 1 saturated carbocycles. The van der Waals surface area contributed by atoms with Gasteiger partial charge in [0.05, 0.1) is 18.9 Å². The quantitative estimate of drug-likeness (QED) is 0.737. The molecule has 94 valence electrons. The van der Waals surface area contributed by atoms with Crippen LogP contribution >= 0.6 is 0 Å². The second kappa shape index (κ2) is 4.07. The van der Waals surface area contributed by atoms with E-state index in [1.807, 2.05) is 13.8 Å². The van der Waals surface area contributed by atoms with Crippen LogP contribution in [0.5, 0.6) is 5.88 Å². The molecule has 2 unspecified atom stereocenters. The highest BCUT2D eigenvalue weighted by molar-refractivity contribution is 5.62. The summed E-state index contributed by atoms with van der Waals surface area (Å²) in [6.45, 7) is 4.05. The second-order valence-electron chi connectivity index (χ2n) is 5.06. The van der Waals surface area contributed by atoms with Gasteiger partial charge in [-0.2, -0.15) is 4.98 Å². The standard InChI is InChI=1S/C12H19N3O2/c1-12(2)8(6-9(12)16)14-11-7(13)4-5-10(15-11)17-3/h4-5,8-9,16H,6,13H2,1-3H3,(H,14,15). The predicted molar refractivity (Wildman–Crippen MR) is 67.0 cm³/mol. The summed E-state index contributed by atoms with van der Waals surface area (Å²) in [6.07, 6.45) is 0.442. The molecular formula is C12H19N3O2. The number of hydrogen-bond acceptors (Lipinski definition) is 5. The first kappa shape index (κ1) is 12.0. The van der Waals surface area contributed by atoms with Crippen LogP contribution < -0.4 is 15.8 Å². The summed E-state index contributed by atoms with van der Waals surface area (Å²) in [6, 6.07) is 3.66. The van der Waals surface area contributed by atoms with Crippen molar-refractivity contribution >= 4 is 11.5 Å². The summed E-state index contributed by atoms with van der Waals surface area (Å²) in [7, 11) is 1.57. The van der Waals surface area contributed by atoms with Gasteiger partial charge in [0.15, 0.2) is 5.82 Å². The number of rotatable bonds is 3. The molecule has 0 bridgehead atoms. The normalized spacial score (nSPS) is 26.1. The third-order valence-corrected chi connectivity index (χ3v) is 3.64. The molecule has 2 atom stereocenters. The lowest BCUT2D eigenvalue weighted by Gasteiger charge is -2.49. The van der Waals surface area contributed by atoms with Gasteiger partial charge in [0.25, 0.3) is 0 Å². The molecule has 1 aromatic heterocycles. The Balaban J connectivity index is 2.14. The van der Waals surface area contributed by atoms with E-state index in [0.717, 1.165) is 0 Å². The maximum absolute atomic E-state index is 9.68. The van der Waals surface area contributed by atoms with E-state index >= 15 is 0 Å². The molecule has 0 spiro atoms. The molecule has 1 aromatic rings. The van der Waals surface area contributed by atoms with Crippen molar-refractivity contribution in [2.75, 3.05) is 18.2 Å². The van der Waals surface area contributed by atoms with E-state index in [-0.39, 0.29) is 17.6 Å². The zero-order chi connectivity index (χ0) is 12.6. The first-order chi connectivity index (χ1) is 7.95. The Labute approximate surface area is 101 Å². The molecule has 5 heteroatoms. The van der Waals surface area contributed by atoms with E-state index in [9.17, 15) is 5.11 Å². The number of pyridine rings is 1. The summed E-state index contributed by atoms with van der Waals surface area (Å²) in [4.78, 5) is 4.26. The average Bonchev–Trinajstić information content (AvgIpc) is 2.31. The maximum atomic E-state index is 9.68. The van der Waals surface area contributed by atoms with Crippen LogP contribution in [-0.4, -0.2) is 29.3 Å². The van der Waals surface area contributed by atoms with Gasteiger partial charge in [-0.15, -0.1) is 0 Å². The molecule has 2 rings (SSSR count). The zero-order valence-electron chi connectivity index (χ0n) is 10.4. The molecule has 0 saturated heterocycles. The molecule has 0 amide bonds. The minimum absolute atomic E-state index is 0.156. The van der Waals surface area contributed by atoms with E-state index in [0.29, 0.717) is 23.8 Å². The highest BCUT2D eigenvalue weighted by atomic mass is 16.5. The van der Waals surface area contributed by atoms with Gasteiger partial charge in [0, 0.05) is 17.5 Å². The predicted octanol–water partition coefficient (Wildman–Crippen LogP) is 1.24. The van der Waals surface area contributed by atoms with E-state index in [2.05, 4.69) is 10.3 Å². The van der Waals surface area contributed by atoms with Crippen molar-refractivity contribution in [3.8, 4) is 5.88 Å². The number of nitrogens with two attached hydrogens (primary N) is 1. The Kier molecular flexibility index (Phi) is 2.87. The molecule has 0 aromatic carbocycles. The number of aliphatic hydroxyl groups is 1. The van der Waals surface area contributed by atoms with E-state index in [1.54, 1.807) is 19.2 Å². The first-order valence-electron chi connectivity index (χ1n) is 5.70. The molecule has 4 N–H and O–H groups in total. The molecule has 17 heavy (non-hydrogen) atoms. The van der Waals surface area contributed by atoms with Crippen molar-refractivity contribution in [3.05, 3.63) is 12.1 Å². The number of methoxy groups -OCH3 is 1. The SMILES string of the molecule is COc1ccc(N)c(NC2CC(O)C2(C)C)n1. The fourth-order valence-electron chi connectivity index (χ4n) is 1.99. The highest BCUT2D eigenvalue weighted by Gasteiger charge is 2.47. The topological polar surface area (TPSA) is 80.4 Å². The number of nitrogens with one attached hydrogen (secondary N) is 1. The fraction of sp³-hybridized carbons (Fsp3) is 0.583. The average molecular weight is 237 g/mol. The van der Waals surface area contributed by atoms with Crippen molar-refractivity contribution < 1.29 is 9.84 Å². The van der Waals surface area contributed by atoms with Gasteiger partial charge in [-0.05, 0) is 12.5 Å². The van der Waals surface area contributed by atoms with Crippen LogP contribution in [0.3, 0.4) is 0 Å². The largest absolute Gasteiger partial charge is 0.481 e. The molecular weight excluding hydrogens is 218 g/mol. The van der Waals surface area contributed by atoms with Crippen molar-refractivity contribution in [3.63, 3.8) is 0 Å². The summed E-state index contributed by atoms with van der Waals surface area (Å²) in [5.74, 6) is 1.15. The highest BCUT2D eigenvalue weighted by Crippen LogP contribution is 2.42. The Morgan fingerprint density at radius 1 is 1.53 bits per heavy atom. The lowest BCUT2D eigenvalue weighted by Crippen LogP contribution is -2.57. The Morgan fingerprint density at radius 3 is 2.76 bits per heavy atom. The molecule has 1 aliphatic rings. The smallest absolute Gasteiger partial charge is 0.215 e. The van der Waals surface area contributed by atoms with Gasteiger partial charge in [-0.1, -0.05) is 13.8 Å². The van der Waals surface area contributed by atoms with Gasteiger partial charge in [0.1, 0.15) is 0 Å². The molecule has 1 aliphatic carbocycles. The minimum atomic E-state index is -0.271. The van der Waals surface area contributed by atoms with Crippen molar-refractivity contribution in [2.24, 2.45) is 5.41 Å². The molecule has 0 aliphatic heterocycles. The number of nitrogen functional groups attached to an aromatic ring is 1. The third-order valence-electron chi connectivity index (χ3n) is 3.64. The van der Waals surface area contributed by atoms with E-state index < -0.39 is 0 Å². The number of anilines is 2. The number of ether oxygens (including phenoxy) is 1. The lowest BCUT2D eigenvalue weighted by molar-refractivity contribution is -0.0511. The van der Waals surface area contributed by atoms with Gasteiger partial charge >= 0.3 is 0 Å². The van der Waals surface area contributed by atoms with Crippen LogP contribution in [0, 0.1) is 5.41 Å². The van der Waals surface area contributed by atoms with Gasteiger partial charge in [-0.25, -0.2) is 0 Å². The van der Waals surface area contributed by atoms with Crippen LogP contribution in [0.1, 0.15) is 20.3 Å².